The van der Waals surface area contributed by atoms with Gasteiger partial charge in [0, 0.05) is 17.7 Å². The average molecular weight is 336 g/mol. The van der Waals surface area contributed by atoms with Crippen molar-refractivity contribution in [2.75, 3.05) is 5.32 Å². The summed E-state index contributed by atoms with van der Waals surface area (Å²) in [5.74, 6) is 1.10. The van der Waals surface area contributed by atoms with E-state index in [-0.39, 0.29) is 5.91 Å². The number of hydrogen-bond donors (Lipinski definition) is 1. The van der Waals surface area contributed by atoms with Crippen LogP contribution in [0, 0.1) is 0 Å². The fourth-order valence-electron chi connectivity index (χ4n) is 2.79. The first-order valence-electron chi connectivity index (χ1n) is 8.91. The molecule has 0 aliphatic rings. The van der Waals surface area contributed by atoms with E-state index in [4.69, 9.17) is 4.42 Å². The van der Waals surface area contributed by atoms with Crippen molar-refractivity contribution in [1.29, 1.82) is 0 Å². The summed E-state index contributed by atoms with van der Waals surface area (Å²) in [5, 5.41) is 2.91. The number of hydrogen-bond acceptors (Lipinski definition) is 3. The number of anilines is 1. The molecule has 130 valence electrons. The zero-order valence-corrected chi connectivity index (χ0v) is 15.0. The van der Waals surface area contributed by atoms with Gasteiger partial charge in [0.05, 0.1) is 0 Å². The highest BCUT2D eigenvalue weighted by Gasteiger charge is 2.12. The molecule has 4 nitrogen and oxygen atoms in total. The van der Waals surface area contributed by atoms with Crippen LogP contribution in [0.5, 0.6) is 0 Å². The van der Waals surface area contributed by atoms with Crippen molar-refractivity contribution in [3.8, 4) is 11.5 Å². The maximum Gasteiger partial charge on any atom is 0.227 e. The highest BCUT2D eigenvalue weighted by molar-refractivity contribution is 5.91. The first-order chi connectivity index (χ1) is 12.1. The standard InChI is InChI=1S/C21H24N2O2/c1-4-7-20(24)22-17-9-6-8-16(12-17)21-23-18-13-15(14(3)5-2)10-11-19(18)25-21/h6,8-14H,4-5,7H2,1-3H3,(H,22,24)/t14-/m0/s1. The van der Waals surface area contributed by atoms with E-state index in [1.165, 1.54) is 5.56 Å². The first-order valence-corrected chi connectivity index (χ1v) is 8.91. The van der Waals surface area contributed by atoms with E-state index < -0.39 is 0 Å². The number of benzene rings is 2. The number of rotatable bonds is 6. The second-order valence-electron chi connectivity index (χ2n) is 6.43. The largest absolute Gasteiger partial charge is 0.436 e. The van der Waals surface area contributed by atoms with Gasteiger partial charge < -0.3 is 9.73 Å². The Hall–Kier alpha value is -2.62. The van der Waals surface area contributed by atoms with Crippen molar-refractivity contribution >= 4 is 22.7 Å². The molecule has 0 radical (unpaired) electrons. The molecule has 0 bridgehead atoms. The zero-order valence-electron chi connectivity index (χ0n) is 15.0. The monoisotopic (exact) mass is 336 g/mol. The number of fused-ring (bicyclic) bond motifs is 1. The van der Waals surface area contributed by atoms with Gasteiger partial charge in [0.2, 0.25) is 11.8 Å². The Labute approximate surface area is 148 Å². The van der Waals surface area contributed by atoms with Gasteiger partial charge in [-0.05, 0) is 54.7 Å². The average Bonchev–Trinajstić information content (AvgIpc) is 3.04. The highest BCUT2D eigenvalue weighted by Crippen LogP contribution is 2.29. The number of nitrogens with one attached hydrogen (secondary N) is 1. The van der Waals surface area contributed by atoms with Crippen LogP contribution in [-0.4, -0.2) is 10.9 Å². The number of amides is 1. The van der Waals surface area contributed by atoms with Crippen LogP contribution in [-0.2, 0) is 4.79 Å². The molecular formula is C21H24N2O2. The lowest BCUT2D eigenvalue weighted by Gasteiger charge is -2.07. The minimum absolute atomic E-state index is 0.0235. The molecule has 1 aromatic heterocycles. The maximum atomic E-state index is 11.8. The van der Waals surface area contributed by atoms with E-state index >= 15 is 0 Å². The van der Waals surface area contributed by atoms with Gasteiger partial charge in [0.25, 0.3) is 0 Å². The molecule has 4 heteroatoms. The molecule has 0 fully saturated rings. The maximum absolute atomic E-state index is 11.8. The first kappa shape index (κ1) is 17.2. The van der Waals surface area contributed by atoms with Crippen LogP contribution in [0.15, 0.2) is 46.9 Å². The topological polar surface area (TPSA) is 55.1 Å². The minimum atomic E-state index is 0.0235. The molecule has 0 aliphatic heterocycles. The van der Waals surface area contributed by atoms with Crippen LogP contribution in [0.2, 0.25) is 0 Å². The van der Waals surface area contributed by atoms with Gasteiger partial charge >= 0.3 is 0 Å². The van der Waals surface area contributed by atoms with E-state index in [0.29, 0.717) is 18.2 Å². The van der Waals surface area contributed by atoms with Crippen LogP contribution in [0.4, 0.5) is 5.69 Å². The molecule has 1 amide bonds. The Kier molecular flexibility index (Phi) is 5.17. The summed E-state index contributed by atoms with van der Waals surface area (Å²) in [6.07, 6.45) is 2.44. The molecule has 0 aliphatic carbocycles. The third-order valence-electron chi connectivity index (χ3n) is 4.46. The second kappa shape index (κ2) is 7.51. The zero-order chi connectivity index (χ0) is 17.8. The lowest BCUT2D eigenvalue weighted by atomic mass is 9.98. The SMILES string of the molecule is CCCC(=O)Nc1cccc(-c2nc3cc([C@@H](C)CC)ccc3o2)c1. The Morgan fingerprint density at radius 1 is 1.20 bits per heavy atom. The normalized spacial score (nSPS) is 12.3. The molecule has 1 atom stereocenters. The summed E-state index contributed by atoms with van der Waals surface area (Å²) in [5.41, 5.74) is 4.54. The fourth-order valence-corrected chi connectivity index (χ4v) is 2.79. The summed E-state index contributed by atoms with van der Waals surface area (Å²) in [4.78, 5) is 16.4. The molecular weight excluding hydrogens is 312 g/mol. The van der Waals surface area contributed by atoms with Crippen molar-refractivity contribution in [2.24, 2.45) is 0 Å². The van der Waals surface area contributed by atoms with Gasteiger partial charge in [0.15, 0.2) is 5.58 Å². The summed E-state index contributed by atoms with van der Waals surface area (Å²) >= 11 is 0. The van der Waals surface area contributed by atoms with Crippen molar-refractivity contribution in [3.63, 3.8) is 0 Å². The molecule has 0 spiro atoms. The molecule has 1 N–H and O–H groups in total. The number of oxazole rings is 1. The molecule has 25 heavy (non-hydrogen) atoms. The Bertz CT molecular complexity index is 882. The molecule has 1 heterocycles. The smallest absolute Gasteiger partial charge is 0.227 e. The van der Waals surface area contributed by atoms with Gasteiger partial charge in [-0.3, -0.25) is 4.79 Å². The van der Waals surface area contributed by atoms with E-state index in [0.717, 1.165) is 35.2 Å². The van der Waals surface area contributed by atoms with E-state index in [1.54, 1.807) is 0 Å². The molecule has 0 saturated carbocycles. The molecule has 0 unspecified atom stereocenters. The predicted molar refractivity (Wildman–Crippen MR) is 102 cm³/mol. The summed E-state index contributed by atoms with van der Waals surface area (Å²) in [6.45, 7) is 6.38. The highest BCUT2D eigenvalue weighted by atomic mass is 16.3. The lowest BCUT2D eigenvalue weighted by Crippen LogP contribution is -2.10. The van der Waals surface area contributed by atoms with Crippen LogP contribution >= 0.6 is 0 Å². The van der Waals surface area contributed by atoms with Crippen LogP contribution in [0.25, 0.3) is 22.6 Å². The van der Waals surface area contributed by atoms with Gasteiger partial charge in [0.1, 0.15) is 5.52 Å². The summed E-state index contributed by atoms with van der Waals surface area (Å²) in [7, 11) is 0. The second-order valence-corrected chi connectivity index (χ2v) is 6.43. The van der Waals surface area contributed by atoms with Gasteiger partial charge in [-0.15, -0.1) is 0 Å². The molecule has 2 aromatic carbocycles. The van der Waals surface area contributed by atoms with Crippen molar-refractivity contribution < 1.29 is 9.21 Å². The number of carbonyl (C=O) groups is 1. The number of nitrogens with zero attached hydrogens (tertiary/aromatic N) is 1. The molecule has 0 saturated heterocycles. The predicted octanol–water partition coefficient (Wildman–Crippen LogP) is 5.75. The van der Waals surface area contributed by atoms with Gasteiger partial charge in [-0.2, -0.15) is 0 Å². The van der Waals surface area contributed by atoms with Crippen molar-refractivity contribution in [2.45, 2.75) is 46.0 Å². The summed E-state index contributed by atoms with van der Waals surface area (Å²) < 4.78 is 5.91. The van der Waals surface area contributed by atoms with Crippen LogP contribution < -0.4 is 5.32 Å². The number of aromatic nitrogens is 1. The van der Waals surface area contributed by atoms with Crippen LogP contribution in [0.1, 0.15) is 51.5 Å². The fraction of sp³-hybridized carbons (Fsp3) is 0.333. The van der Waals surface area contributed by atoms with Crippen molar-refractivity contribution in [1.82, 2.24) is 4.98 Å². The molecule has 3 aromatic rings. The lowest BCUT2D eigenvalue weighted by molar-refractivity contribution is -0.116. The van der Waals surface area contributed by atoms with Crippen molar-refractivity contribution in [3.05, 3.63) is 48.0 Å². The Balaban J connectivity index is 1.89. The Morgan fingerprint density at radius 3 is 2.80 bits per heavy atom. The third-order valence-corrected chi connectivity index (χ3v) is 4.46. The molecule has 3 rings (SSSR count). The van der Waals surface area contributed by atoms with E-state index in [9.17, 15) is 4.79 Å². The van der Waals surface area contributed by atoms with E-state index in [1.807, 2.05) is 37.3 Å². The van der Waals surface area contributed by atoms with Crippen LogP contribution in [0.3, 0.4) is 0 Å². The third kappa shape index (κ3) is 3.90. The minimum Gasteiger partial charge on any atom is -0.436 e. The van der Waals surface area contributed by atoms with E-state index in [2.05, 4.69) is 36.3 Å². The quantitative estimate of drug-likeness (QED) is 0.624. The Morgan fingerprint density at radius 2 is 2.04 bits per heavy atom. The number of carbonyl (C=O) groups excluding carboxylic acids is 1. The van der Waals surface area contributed by atoms with Gasteiger partial charge in [-0.1, -0.05) is 32.9 Å². The summed E-state index contributed by atoms with van der Waals surface area (Å²) in [6, 6.07) is 13.8. The van der Waals surface area contributed by atoms with Gasteiger partial charge in [-0.25, -0.2) is 4.98 Å².